The molecule has 3 aromatic rings. The van der Waals surface area contributed by atoms with Crippen LogP contribution in [0.5, 0.6) is 0 Å². The number of aromatic nitrogens is 2. The van der Waals surface area contributed by atoms with Gasteiger partial charge in [-0.1, -0.05) is 18.1 Å². The van der Waals surface area contributed by atoms with Crippen molar-refractivity contribution in [3.8, 4) is 23.2 Å². The molecule has 1 unspecified atom stereocenters. The minimum Gasteiger partial charge on any atom is -0.378 e. The van der Waals surface area contributed by atoms with E-state index in [1.54, 1.807) is 18.3 Å². The summed E-state index contributed by atoms with van der Waals surface area (Å²) >= 11 is 0. The number of hydrogen-bond acceptors (Lipinski definition) is 3. The van der Waals surface area contributed by atoms with E-state index < -0.39 is 23.4 Å². The zero-order valence-electron chi connectivity index (χ0n) is 17.0. The Morgan fingerprint density at radius 1 is 1.06 bits per heavy atom. The van der Waals surface area contributed by atoms with E-state index in [9.17, 15) is 22.0 Å². The lowest BCUT2D eigenvalue weighted by molar-refractivity contribution is -0.0696. The minimum absolute atomic E-state index is 0.0364. The summed E-state index contributed by atoms with van der Waals surface area (Å²) in [6.45, 7) is 0.805. The van der Waals surface area contributed by atoms with Crippen molar-refractivity contribution in [1.29, 1.82) is 0 Å². The van der Waals surface area contributed by atoms with Crippen molar-refractivity contribution in [2.45, 2.75) is 44.4 Å². The molecule has 0 amide bonds. The predicted octanol–water partition coefficient (Wildman–Crippen LogP) is 5.99. The highest BCUT2D eigenvalue weighted by Crippen LogP contribution is 2.28. The van der Waals surface area contributed by atoms with Gasteiger partial charge in [0.1, 0.15) is 11.6 Å². The number of fused-ring (bicyclic) bond motifs is 1. The summed E-state index contributed by atoms with van der Waals surface area (Å²) in [4.78, 5) is 8.70. The van der Waals surface area contributed by atoms with E-state index in [-0.39, 0.29) is 16.9 Å². The Balaban J connectivity index is 1.55. The first-order valence-electron chi connectivity index (χ1n) is 10.2. The molecule has 2 heterocycles. The normalized spacial score (nSPS) is 16.6. The van der Waals surface area contributed by atoms with E-state index in [2.05, 4.69) is 9.97 Å². The van der Waals surface area contributed by atoms with Gasteiger partial charge in [0, 0.05) is 35.9 Å². The molecule has 0 radical (unpaired) electrons. The fourth-order valence-corrected chi connectivity index (χ4v) is 3.71. The number of aryl methyl sites for hydroxylation is 1. The molecule has 166 valence electrons. The second-order valence-electron chi connectivity index (χ2n) is 7.67. The van der Waals surface area contributed by atoms with Crippen LogP contribution >= 0.6 is 0 Å². The highest BCUT2D eigenvalue weighted by molar-refractivity contribution is 5.88. The van der Waals surface area contributed by atoms with Crippen LogP contribution in [0.4, 0.5) is 22.0 Å². The molecule has 1 saturated heterocycles. The van der Waals surface area contributed by atoms with Gasteiger partial charge >= 0.3 is 6.18 Å². The summed E-state index contributed by atoms with van der Waals surface area (Å²) in [5.74, 6) is 0.527. The maximum absolute atomic E-state index is 14.6. The molecule has 2 aromatic carbocycles. The fraction of sp³-hybridized carbons (Fsp3) is 0.333. The van der Waals surface area contributed by atoms with Crippen LogP contribution in [0.25, 0.3) is 22.2 Å². The van der Waals surface area contributed by atoms with Gasteiger partial charge in [-0.05, 0) is 55.2 Å². The van der Waals surface area contributed by atoms with Crippen molar-refractivity contribution in [1.82, 2.24) is 9.97 Å². The average molecular weight is 446 g/mol. The highest BCUT2D eigenvalue weighted by atomic mass is 19.4. The van der Waals surface area contributed by atoms with Crippen LogP contribution in [0.3, 0.4) is 0 Å². The largest absolute Gasteiger partial charge is 0.458 e. The maximum Gasteiger partial charge on any atom is 0.458 e. The first-order chi connectivity index (χ1) is 15.3. The maximum atomic E-state index is 14.6. The minimum atomic E-state index is -4.84. The number of ether oxygens (including phenoxy) is 1. The van der Waals surface area contributed by atoms with Crippen molar-refractivity contribution < 1.29 is 26.7 Å². The molecule has 0 aliphatic carbocycles. The molecule has 1 atom stereocenters. The van der Waals surface area contributed by atoms with Crippen molar-refractivity contribution in [3.63, 3.8) is 0 Å². The molecule has 8 heteroatoms. The van der Waals surface area contributed by atoms with Gasteiger partial charge in [0.15, 0.2) is 5.82 Å². The van der Waals surface area contributed by atoms with E-state index in [4.69, 9.17) is 4.74 Å². The van der Waals surface area contributed by atoms with Crippen LogP contribution in [0, 0.1) is 23.5 Å². The van der Waals surface area contributed by atoms with Gasteiger partial charge in [0.05, 0.1) is 11.7 Å². The van der Waals surface area contributed by atoms with Crippen molar-refractivity contribution in [3.05, 3.63) is 59.4 Å². The zero-order chi connectivity index (χ0) is 22.7. The van der Waals surface area contributed by atoms with Gasteiger partial charge in [-0.25, -0.2) is 18.7 Å². The van der Waals surface area contributed by atoms with Crippen LogP contribution < -0.4 is 0 Å². The highest BCUT2D eigenvalue weighted by Gasteiger charge is 2.24. The first kappa shape index (κ1) is 22.2. The Labute approximate surface area is 181 Å². The number of hydrogen-bond donors (Lipinski definition) is 0. The van der Waals surface area contributed by atoms with Crippen LogP contribution in [-0.4, -0.2) is 28.9 Å². The third kappa shape index (κ3) is 5.22. The standard InChI is InChI=1S/C24H19F5N2O/c25-21-12-17-11-16(5-7-19(17)22(26)20(21)8-9-24(27,28)29)23-30-13-15(14-31-23)4-6-18-3-1-2-10-32-18/h5,7,11-14,18H,1-4,6,10H2. The number of alkyl halides is 3. The molecule has 0 saturated carbocycles. The summed E-state index contributed by atoms with van der Waals surface area (Å²) in [5, 5.41) is 0.142. The Hall–Kier alpha value is -3.05. The van der Waals surface area contributed by atoms with Gasteiger partial charge < -0.3 is 4.74 Å². The number of benzene rings is 2. The molecule has 0 spiro atoms. The summed E-state index contributed by atoms with van der Waals surface area (Å²) < 4.78 is 71.4. The number of halogens is 5. The van der Waals surface area contributed by atoms with Gasteiger partial charge in [0.25, 0.3) is 0 Å². The zero-order valence-corrected chi connectivity index (χ0v) is 17.0. The third-order valence-electron chi connectivity index (χ3n) is 5.35. The predicted molar refractivity (Wildman–Crippen MR) is 110 cm³/mol. The van der Waals surface area contributed by atoms with E-state index in [0.717, 1.165) is 49.8 Å². The lowest BCUT2D eigenvalue weighted by Crippen LogP contribution is -2.19. The summed E-state index contributed by atoms with van der Waals surface area (Å²) in [6.07, 6.45) is 3.89. The summed E-state index contributed by atoms with van der Waals surface area (Å²) in [5.41, 5.74) is 0.589. The first-order valence-corrected chi connectivity index (χ1v) is 10.2. The van der Waals surface area contributed by atoms with Crippen LogP contribution in [0.15, 0.2) is 36.7 Å². The Kier molecular flexibility index (Phi) is 6.38. The Morgan fingerprint density at radius 3 is 2.53 bits per heavy atom. The quantitative estimate of drug-likeness (QED) is 0.365. The monoisotopic (exact) mass is 446 g/mol. The van der Waals surface area contributed by atoms with E-state index in [1.165, 1.54) is 24.6 Å². The fourth-order valence-electron chi connectivity index (χ4n) is 3.71. The molecule has 32 heavy (non-hydrogen) atoms. The SMILES string of the molecule is Fc1cc2cc(-c3ncc(CCC4CCCCO4)cn3)ccc2c(F)c1C#CC(F)(F)F. The molecule has 0 bridgehead atoms. The Morgan fingerprint density at radius 2 is 1.84 bits per heavy atom. The third-order valence-corrected chi connectivity index (χ3v) is 5.35. The van der Waals surface area contributed by atoms with Crippen LogP contribution in [0.1, 0.15) is 36.8 Å². The Bertz CT molecular complexity index is 1170. The van der Waals surface area contributed by atoms with Gasteiger partial charge in [0.2, 0.25) is 0 Å². The van der Waals surface area contributed by atoms with Crippen LogP contribution in [-0.2, 0) is 11.2 Å². The molecule has 3 nitrogen and oxygen atoms in total. The smallest absolute Gasteiger partial charge is 0.378 e. The molecule has 1 aliphatic heterocycles. The topological polar surface area (TPSA) is 35.0 Å². The van der Waals surface area contributed by atoms with Crippen molar-refractivity contribution >= 4 is 10.8 Å². The molecule has 1 fully saturated rings. The lowest BCUT2D eigenvalue weighted by atomic mass is 10.0. The van der Waals surface area contributed by atoms with E-state index >= 15 is 0 Å². The molecular formula is C24H19F5N2O. The van der Waals surface area contributed by atoms with Gasteiger partial charge in [-0.15, -0.1) is 0 Å². The molecular weight excluding hydrogens is 427 g/mol. The molecule has 1 aromatic heterocycles. The van der Waals surface area contributed by atoms with Crippen LogP contribution in [0.2, 0.25) is 0 Å². The molecule has 0 N–H and O–H groups in total. The molecule has 4 rings (SSSR count). The van der Waals surface area contributed by atoms with Crippen molar-refractivity contribution in [2.24, 2.45) is 0 Å². The van der Waals surface area contributed by atoms with E-state index in [0.29, 0.717) is 11.4 Å². The lowest BCUT2D eigenvalue weighted by Gasteiger charge is -2.22. The van der Waals surface area contributed by atoms with Gasteiger partial charge in [-0.2, -0.15) is 13.2 Å². The van der Waals surface area contributed by atoms with Crippen molar-refractivity contribution in [2.75, 3.05) is 6.61 Å². The van der Waals surface area contributed by atoms with E-state index in [1.807, 2.05) is 0 Å². The number of nitrogens with zero attached hydrogens (tertiary/aromatic N) is 2. The summed E-state index contributed by atoms with van der Waals surface area (Å²) in [6, 6.07) is 5.35. The average Bonchev–Trinajstić information content (AvgIpc) is 2.77. The second kappa shape index (κ2) is 9.21. The summed E-state index contributed by atoms with van der Waals surface area (Å²) in [7, 11) is 0. The van der Waals surface area contributed by atoms with Gasteiger partial charge in [-0.3, -0.25) is 0 Å². The second-order valence-corrected chi connectivity index (χ2v) is 7.67. The molecule has 1 aliphatic rings. The number of rotatable bonds is 4.